The molecule has 1 saturated heterocycles. The largest absolute Gasteiger partial charge is 0.372 e. The van der Waals surface area contributed by atoms with Crippen LogP contribution in [0.25, 0.3) is 11.3 Å². The van der Waals surface area contributed by atoms with E-state index in [9.17, 15) is 4.79 Å². The molecule has 4 N–H and O–H groups in total. The highest BCUT2D eigenvalue weighted by Crippen LogP contribution is 2.46. The van der Waals surface area contributed by atoms with Crippen molar-refractivity contribution >= 4 is 40.4 Å². The molecule has 1 amide bonds. The zero-order valence-corrected chi connectivity index (χ0v) is 22.9. The molecule has 1 aromatic carbocycles. The number of carbonyl (C=O) groups is 1. The van der Waals surface area contributed by atoms with E-state index in [1.807, 2.05) is 25.2 Å². The van der Waals surface area contributed by atoms with Gasteiger partial charge in [-0.15, -0.1) is 0 Å². The maximum Gasteiger partial charge on any atom is 0.294 e. The number of ether oxygens (including phenoxy) is 1. The van der Waals surface area contributed by atoms with Crippen LogP contribution in [0.15, 0.2) is 22.7 Å². The normalized spacial score (nSPS) is 21.1. The van der Waals surface area contributed by atoms with Crippen molar-refractivity contribution in [2.45, 2.75) is 76.0 Å². The molecule has 3 aliphatic rings. The molecule has 0 radical (unpaired) electrons. The van der Waals surface area contributed by atoms with E-state index in [-0.39, 0.29) is 11.3 Å². The lowest BCUT2D eigenvalue weighted by atomic mass is 9.96. The van der Waals surface area contributed by atoms with Crippen molar-refractivity contribution in [3.8, 4) is 11.3 Å². The van der Waals surface area contributed by atoms with Gasteiger partial charge in [0.2, 0.25) is 0 Å². The van der Waals surface area contributed by atoms with Gasteiger partial charge in [0.25, 0.3) is 5.24 Å². The molecule has 3 fully saturated rings. The first-order chi connectivity index (χ1) is 17.5. The van der Waals surface area contributed by atoms with Gasteiger partial charge in [-0.2, -0.15) is 0 Å². The number of benzene rings is 1. The predicted octanol–water partition coefficient (Wildman–Crippen LogP) is 5.89. The number of halogens is 2. The Morgan fingerprint density at radius 3 is 2.56 bits per heavy atom. The zero-order valence-electron chi connectivity index (χ0n) is 20.6. The SMILES string of the molecule is CN1CCC(OCc2c(-c3c(Cl)cccc3Cl)noc2C2CC2)CN1.NSC(=O)NC1CCCCC1. The predicted molar refractivity (Wildman–Crippen MR) is 145 cm³/mol. The number of nitrogens with two attached hydrogens (primary N) is 1. The third-order valence-electron chi connectivity index (χ3n) is 6.84. The maximum atomic E-state index is 10.8. The molecule has 5 rings (SSSR count). The summed E-state index contributed by atoms with van der Waals surface area (Å²) in [6.07, 6.45) is 9.45. The van der Waals surface area contributed by atoms with E-state index in [0.29, 0.717) is 34.3 Å². The number of hydrazine groups is 1. The highest BCUT2D eigenvalue weighted by atomic mass is 35.5. The maximum absolute atomic E-state index is 10.8. The number of aromatic nitrogens is 1. The Kier molecular flexibility index (Phi) is 10.4. The number of nitrogens with zero attached hydrogens (tertiary/aromatic N) is 2. The topological polar surface area (TPSA) is 106 Å². The van der Waals surface area contributed by atoms with Crippen LogP contribution in [-0.4, -0.2) is 47.7 Å². The second kappa shape index (κ2) is 13.5. The Hall–Kier alpha value is -1.33. The van der Waals surface area contributed by atoms with Crippen LogP contribution in [0.5, 0.6) is 0 Å². The number of hydrogen-bond donors (Lipinski definition) is 3. The lowest BCUT2D eigenvalue weighted by molar-refractivity contribution is -0.00827. The molecule has 1 unspecified atom stereocenters. The molecular formula is C25H35Cl2N5O3S. The lowest BCUT2D eigenvalue weighted by Crippen LogP contribution is -2.47. The van der Waals surface area contributed by atoms with Crippen LogP contribution in [-0.2, 0) is 11.3 Å². The van der Waals surface area contributed by atoms with E-state index < -0.39 is 0 Å². The monoisotopic (exact) mass is 555 g/mol. The van der Waals surface area contributed by atoms with Crippen molar-refractivity contribution in [3.05, 3.63) is 39.6 Å². The Labute approximate surface area is 227 Å². The summed E-state index contributed by atoms with van der Waals surface area (Å²) in [6.45, 7) is 2.23. The highest BCUT2D eigenvalue weighted by molar-refractivity contribution is 8.11. The van der Waals surface area contributed by atoms with Gasteiger partial charge < -0.3 is 14.6 Å². The molecule has 198 valence electrons. The quantitative estimate of drug-likeness (QED) is 0.379. The molecule has 11 heteroatoms. The number of hydrogen-bond acceptors (Lipinski definition) is 8. The van der Waals surface area contributed by atoms with Gasteiger partial charge >= 0.3 is 0 Å². The lowest BCUT2D eigenvalue weighted by Gasteiger charge is -2.30. The van der Waals surface area contributed by atoms with E-state index in [0.717, 1.165) is 74.0 Å². The summed E-state index contributed by atoms with van der Waals surface area (Å²) < 4.78 is 11.8. The van der Waals surface area contributed by atoms with Gasteiger partial charge in [0, 0.05) is 55.2 Å². The van der Waals surface area contributed by atoms with Gasteiger partial charge in [0.05, 0.1) is 22.8 Å². The summed E-state index contributed by atoms with van der Waals surface area (Å²) in [7, 11) is 2.04. The van der Waals surface area contributed by atoms with Crippen LogP contribution < -0.4 is 15.9 Å². The van der Waals surface area contributed by atoms with E-state index in [4.69, 9.17) is 37.6 Å². The van der Waals surface area contributed by atoms with Crippen LogP contribution in [0.1, 0.15) is 68.6 Å². The first-order valence-electron chi connectivity index (χ1n) is 12.6. The minimum atomic E-state index is -0.100. The fraction of sp³-hybridized carbons (Fsp3) is 0.600. The Bertz CT molecular complexity index is 985. The van der Waals surface area contributed by atoms with E-state index in [1.165, 1.54) is 19.3 Å². The van der Waals surface area contributed by atoms with Gasteiger partial charge in [0.1, 0.15) is 11.5 Å². The second-order valence-corrected chi connectivity index (χ2v) is 11.1. The van der Waals surface area contributed by atoms with Crippen molar-refractivity contribution in [2.75, 3.05) is 20.1 Å². The molecule has 1 aromatic heterocycles. The molecule has 2 saturated carbocycles. The third kappa shape index (κ3) is 7.60. The van der Waals surface area contributed by atoms with Gasteiger partial charge in [-0.05, 0) is 44.2 Å². The number of amides is 1. The smallest absolute Gasteiger partial charge is 0.294 e. The fourth-order valence-corrected chi connectivity index (χ4v) is 5.43. The van der Waals surface area contributed by atoms with Crippen molar-refractivity contribution in [1.29, 1.82) is 0 Å². The minimum absolute atomic E-state index is 0.100. The van der Waals surface area contributed by atoms with Crippen LogP contribution in [0.2, 0.25) is 10.0 Å². The highest BCUT2D eigenvalue weighted by Gasteiger charge is 2.34. The van der Waals surface area contributed by atoms with Gasteiger partial charge in [0.15, 0.2) is 0 Å². The van der Waals surface area contributed by atoms with Crippen molar-refractivity contribution in [3.63, 3.8) is 0 Å². The Morgan fingerprint density at radius 1 is 1.22 bits per heavy atom. The molecule has 36 heavy (non-hydrogen) atoms. The number of carbonyl (C=O) groups excluding carboxylic acids is 1. The molecular weight excluding hydrogens is 521 g/mol. The Morgan fingerprint density at radius 2 is 1.94 bits per heavy atom. The fourth-order valence-electron chi connectivity index (χ4n) is 4.62. The van der Waals surface area contributed by atoms with Gasteiger partial charge in [-0.25, -0.2) is 5.01 Å². The first-order valence-corrected chi connectivity index (χ1v) is 14.3. The molecule has 8 nitrogen and oxygen atoms in total. The minimum Gasteiger partial charge on any atom is -0.372 e. The van der Waals surface area contributed by atoms with Gasteiger partial charge in [-0.3, -0.25) is 15.4 Å². The van der Waals surface area contributed by atoms with E-state index >= 15 is 0 Å². The summed E-state index contributed by atoms with van der Waals surface area (Å²) >= 11 is 13.5. The van der Waals surface area contributed by atoms with Crippen LogP contribution in [0.4, 0.5) is 4.79 Å². The standard InChI is InChI=1S/C18H21Cl2N3O2.C7H14N2OS/c1-23-8-7-12(9-21-23)24-10-13-17(22-25-18(13)11-5-6-11)16-14(19)3-2-4-15(16)20;8-11-7(10)9-6-4-2-1-3-5-6/h2-4,11-12,21H,5-10H2,1H3;6H,1-5,8H2,(H,9,10). The van der Waals surface area contributed by atoms with Crippen LogP contribution in [0.3, 0.4) is 0 Å². The van der Waals surface area contributed by atoms with E-state index in [2.05, 4.69) is 20.9 Å². The van der Waals surface area contributed by atoms with Gasteiger partial charge in [-0.1, -0.05) is 53.7 Å². The van der Waals surface area contributed by atoms with E-state index in [1.54, 1.807) is 0 Å². The summed E-state index contributed by atoms with van der Waals surface area (Å²) in [5.41, 5.74) is 5.72. The molecule has 2 aromatic rings. The Balaban J connectivity index is 0.000000233. The molecule has 0 bridgehead atoms. The number of nitrogens with one attached hydrogen (secondary N) is 2. The molecule has 1 aliphatic heterocycles. The summed E-state index contributed by atoms with van der Waals surface area (Å²) in [5.74, 6) is 1.36. The van der Waals surface area contributed by atoms with Crippen LogP contribution in [0, 0.1) is 0 Å². The number of rotatable bonds is 6. The second-order valence-electron chi connectivity index (χ2n) is 9.63. The third-order valence-corrected chi connectivity index (χ3v) is 7.80. The van der Waals surface area contributed by atoms with Crippen molar-refractivity contribution < 1.29 is 14.1 Å². The summed E-state index contributed by atoms with van der Waals surface area (Å²) in [6, 6.07) is 5.85. The average Bonchev–Trinajstić information content (AvgIpc) is 3.65. The summed E-state index contributed by atoms with van der Waals surface area (Å²) in [4.78, 5) is 10.8. The molecule has 2 heterocycles. The molecule has 1 atom stereocenters. The van der Waals surface area contributed by atoms with Crippen molar-refractivity contribution in [1.82, 2.24) is 20.9 Å². The van der Waals surface area contributed by atoms with Crippen molar-refractivity contribution in [2.24, 2.45) is 5.14 Å². The first kappa shape index (κ1) is 27.7. The summed E-state index contributed by atoms with van der Waals surface area (Å²) in [5, 5.41) is 15.4. The molecule has 2 aliphatic carbocycles. The molecule has 0 spiro atoms. The van der Waals surface area contributed by atoms with Crippen LogP contribution >= 0.6 is 35.1 Å². The average molecular weight is 557 g/mol. The zero-order chi connectivity index (χ0) is 25.5.